The van der Waals surface area contributed by atoms with E-state index in [1.807, 2.05) is 0 Å². The number of sulfonamides is 1. The Labute approximate surface area is 123 Å². The van der Waals surface area contributed by atoms with Crippen LogP contribution in [0.15, 0.2) is 23.1 Å². The summed E-state index contributed by atoms with van der Waals surface area (Å²) >= 11 is 0. The third-order valence-corrected chi connectivity index (χ3v) is 4.45. The van der Waals surface area contributed by atoms with Crippen LogP contribution in [-0.2, 0) is 21.2 Å². The topological polar surface area (TPSA) is 113 Å². The fourth-order valence-corrected chi connectivity index (χ4v) is 3.10. The number of nitrogens with one attached hydrogen (secondary N) is 2. The molecule has 1 amide bonds. The predicted octanol–water partition coefficient (Wildman–Crippen LogP) is 0.362. The molecule has 0 radical (unpaired) electrons. The minimum atomic E-state index is -3.86. The van der Waals surface area contributed by atoms with Crippen molar-refractivity contribution < 1.29 is 23.1 Å². The standard InChI is InChI=1S/C13H18N2O5S/c1-3-9-4-5-10(13(17)18)8-11(9)21(19,20)15-7-6-12(16)14-2/h4-5,8,15H,3,6-7H2,1-2H3,(H,14,16)(H,17,18). The molecular formula is C13H18N2O5S. The van der Waals surface area contributed by atoms with Gasteiger partial charge < -0.3 is 10.4 Å². The average molecular weight is 314 g/mol. The summed E-state index contributed by atoms with van der Waals surface area (Å²) in [5, 5.41) is 11.3. The Hall–Kier alpha value is -1.93. The molecule has 116 valence electrons. The molecule has 0 aliphatic rings. The molecule has 0 heterocycles. The molecule has 0 spiro atoms. The third-order valence-electron chi connectivity index (χ3n) is 2.91. The molecule has 0 aliphatic carbocycles. The fourth-order valence-electron chi connectivity index (χ4n) is 1.73. The van der Waals surface area contributed by atoms with Gasteiger partial charge in [0.25, 0.3) is 0 Å². The zero-order valence-electron chi connectivity index (χ0n) is 11.8. The third kappa shape index (κ3) is 4.54. The summed E-state index contributed by atoms with van der Waals surface area (Å²) in [7, 11) is -2.40. The summed E-state index contributed by atoms with van der Waals surface area (Å²) in [6.45, 7) is 1.72. The number of hydrogen-bond donors (Lipinski definition) is 3. The number of carboxylic acids is 1. The van der Waals surface area contributed by atoms with Crippen molar-refractivity contribution in [1.29, 1.82) is 0 Å². The molecule has 0 unspecified atom stereocenters. The number of benzene rings is 1. The lowest BCUT2D eigenvalue weighted by molar-refractivity contribution is -0.120. The first-order valence-corrected chi connectivity index (χ1v) is 7.86. The van der Waals surface area contributed by atoms with E-state index in [-0.39, 0.29) is 29.3 Å². The molecule has 3 N–H and O–H groups in total. The van der Waals surface area contributed by atoms with Crippen molar-refractivity contribution in [1.82, 2.24) is 10.0 Å². The number of aromatic carboxylic acids is 1. The van der Waals surface area contributed by atoms with Crippen molar-refractivity contribution in [2.45, 2.75) is 24.7 Å². The van der Waals surface area contributed by atoms with E-state index in [1.54, 1.807) is 6.92 Å². The Bertz CT molecular complexity index is 640. The van der Waals surface area contributed by atoms with E-state index in [0.29, 0.717) is 12.0 Å². The summed E-state index contributed by atoms with van der Waals surface area (Å²) < 4.78 is 26.7. The van der Waals surface area contributed by atoms with Gasteiger partial charge in [-0.3, -0.25) is 4.79 Å². The van der Waals surface area contributed by atoms with Crippen LogP contribution in [0.2, 0.25) is 0 Å². The molecule has 1 aromatic carbocycles. The van der Waals surface area contributed by atoms with Crippen molar-refractivity contribution in [2.75, 3.05) is 13.6 Å². The zero-order chi connectivity index (χ0) is 16.0. The van der Waals surface area contributed by atoms with Gasteiger partial charge in [0.05, 0.1) is 10.5 Å². The number of carbonyl (C=O) groups excluding carboxylic acids is 1. The summed E-state index contributed by atoms with van der Waals surface area (Å²) in [5.74, 6) is -1.48. The molecule has 1 rings (SSSR count). The summed E-state index contributed by atoms with van der Waals surface area (Å²) in [4.78, 5) is 22.0. The SMILES string of the molecule is CCc1ccc(C(=O)O)cc1S(=O)(=O)NCCC(=O)NC. The van der Waals surface area contributed by atoms with Gasteiger partial charge in [-0.1, -0.05) is 13.0 Å². The quantitative estimate of drug-likeness (QED) is 0.672. The van der Waals surface area contributed by atoms with Crippen LogP contribution < -0.4 is 10.0 Å². The molecule has 0 atom stereocenters. The van der Waals surface area contributed by atoms with Crippen molar-refractivity contribution in [3.8, 4) is 0 Å². The fraction of sp³-hybridized carbons (Fsp3) is 0.385. The maximum Gasteiger partial charge on any atom is 0.335 e. The molecule has 1 aromatic rings. The van der Waals surface area contributed by atoms with Crippen LogP contribution in [0.5, 0.6) is 0 Å². The van der Waals surface area contributed by atoms with Crippen LogP contribution in [0.25, 0.3) is 0 Å². The highest BCUT2D eigenvalue weighted by Crippen LogP contribution is 2.18. The van der Waals surface area contributed by atoms with Crippen LogP contribution in [0.4, 0.5) is 0 Å². The van der Waals surface area contributed by atoms with E-state index < -0.39 is 16.0 Å². The second-order valence-electron chi connectivity index (χ2n) is 4.30. The van der Waals surface area contributed by atoms with E-state index in [2.05, 4.69) is 10.0 Å². The van der Waals surface area contributed by atoms with Gasteiger partial charge in [-0.05, 0) is 24.1 Å². The minimum absolute atomic E-state index is 0.00973. The Morgan fingerprint density at radius 3 is 2.48 bits per heavy atom. The largest absolute Gasteiger partial charge is 0.478 e. The molecule has 0 saturated carbocycles. The van der Waals surface area contributed by atoms with Crippen LogP contribution in [-0.4, -0.2) is 39.0 Å². The van der Waals surface area contributed by atoms with Crippen LogP contribution in [0, 0.1) is 0 Å². The number of carbonyl (C=O) groups is 2. The van der Waals surface area contributed by atoms with E-state index in [0.717, 1.165) is 6.07 Å². The minimum Gasteiger partial charge on any atom is -0.478 e. The lowest BCUT2D eigenvalue weighted by Gasteiger charge is -2.11. The number of rotatable bonds is 7. The summed E-state index contributed by atoms with van der Waals surface area (Å²) in [6.07, 6.45) is 0.460. The maximum absolute atomic E-state index is 12.2. The Morgan fingerprint density at radius 1 is 1.29 bits per heavy atom. The summed E-state index contributed by atoms with van der Waals surface area (Å²) in [5.41, 5.74) is 0.423. The molecule has 0 bridgehead atoms. The highest BCUT2D eigenvalue weighted by molar-refractivity contribution is 7.89. The van der Waals surface area contributed by atoms with Crippen LogP contribution in [0.1, 0.15) is 29.3 Å². The molecule has 0 aromatic heterocycles. The first kappa shape index (κ1) is 17.1. The van der Waals surface area contributed by atoms with E-state index >= 15 is 0 Å². The van der Waals surface area contributed by atoms with E-state index in [4.69, 9.17) is 5.11 Å². The van der Waals surface area contributed by atoms with Gasteiger partial charge in [0.1, 0.15) is 0 Å². The maximum atomic E-state index is 12.2. The lowest BCUT2D eigenvalue weighted by atomic mass is 10.1. The normalized spacial score (nSPS) is 11.1. The molecule has 7 nitrogen and oxygen atoms in total. The molecule has 8 heteroatoms. The first-order valence-electron chi connectivity index (χ1n) is 6.38. The van der Waals surface area contributed by atoms with Crippen molar-refractivity contribution in [3.05, 3.63) is 29.3 Å². The highest BCUT2D eigenvalue weighted by atomic mass is 32.2. The Morgan fingerprint density at radius 2 is 1.95 bits per heavy atom. The highest BCUT2D eigenvalue weighted by Gasteiger charge is 2.19. The Balaban J connectivity index is 3.03. The van der Waals surface area contributed by atoms with Crippen molar-refractivity contribution in [2.24, 2.45) is 0 Å². The van der Waals surface area contributed by atoms with E-state index in [9.17, 15) is 18.0 Å². The number of hydrogen-bond acceptors (Lipinski definition) is 4. The monoisotopic (exact) mass is 314 g/mol. The smallest absolute Gasteiger partial charge is 0.335 e. The molecule has 0 fully saturated rings. The lowest BCUT2D eigenvalue weighted by Crippen LogP contribution is -2.30. The predicted molar refractivity (Wildman–Crippen MR) is 76.7 cm³/mol. The average Bonchev–Trinajstić information content (AvgIpc) is 2.45. The van der Waals surface area contributed by atoms with Crippen LogP contribution in [0.3, 0.4) is 0 Å². The van der Waals surface area contributed by atoms with Gasteiger partial charge in [-0.25, -0.2) is 17.9 Å². The van der Waals surface area contributed by atoms with Crippen molar-refractivity contribution in [3.63, 3.8) is 0 Å². The number of aryl methyl sites for hydroxylation is 1. The van der Waals surface area contributed by atoms with Crippen molar-refractivity contribution >= 4 is 21.9 Å². The summed E-state index contributed by atoms with van der Waals surface area (Å²) in [6, 6.07) is 3.98. The van der Waals surface area contributed by atoms with Gasteiger partial charge >= 0.3 is 5.97 Å². The second-order valence-corrected chi connectivity index (χ2v) is 6.04. The van der Waals surface area contributed by atoms with Gasteiger partial charge in [0.15, 0.2) is 0 Å². The zero-order valence-corrected chi connectivity index (χ0v) is 12.7. The Kier molecular flexibility index (Phi) is 5.86. The molecule has 0 aliphatic heterocycles. The van der Waals surface area contributed by atoms with Gasteiger partial charge in [-0.2, -0.15) is 0 Å². The molecular weight excluding hydrogens is 296 g/mol. The van der Waals surface area contributed by atoms with Gasteiger partial charge in [-0.15, -0.1) is 0 Å². The van der Waals surface area contributed by atoms with E-state index in [1.165, 1.54) is 19.2 Å². The first-order chi connectivity index (χ1) is 9.81. The second kappa shape index (κ2) is 7.19. The number of carboxylic acid groups (broad SMARTS) is 1. The van der Waals surface area contributed by atoms with Gasteiger partial charge in [0.2, 0.25) is 15.9 Å². The van der Waals surface area contributed by atoms with Crippen LogP contribution >= 0.6 is 0 Å². The molecule has 0 saturated heterocycles. The van der Waals surface area contributed by atoms with Gasteiger partial charge in [0, 0.05) is 20.0 Å². The molecule has 21 heavy (non-hydrogen) atoms. The number of amides is 1.